The number of carbonyl (C=O) groups excluding carboxylic acids is 1. The maximum atomic E-state index is 14.3. The molecule has 8 heteroatoms. The Balaban J connectivity index is 1.29. The number of para-hydroxylation sites is 1. The van der Waals surface area contributed by atoms with Gasteiger partial charge in [-0.15, -0.1) is 0 Å². The molecule has 2 aliphatic heterocycles. The highest BCUT2D eigenvalue weighted by Crippen LogP contribution is 2.37. The summed E-state index contributed by atoms with van der Waals surface area (Å²) in [4.78, 5) is 19.0. The largest absolute Gasteiger partial charge is 0.454 e. The second-order valence-corrected chi connectivity index (χ2v) is 7.89. The zero-order valence-electron chi connectivity index (χ0n) is 17.1. The number of halogens is 1. The number of alkyl halides is 1. The third kappa shape index (κ3) is 3.86. The van der Waals surface area contributed by atoms with Crippen molar-refractivity contribution in [1.29, 1.82) is 0 Å². The van der Waals surface area contributed by atoms with E-state index < -0.39 is 12.2 Å². The third-order valence-electron chi connectivity index (χ3n) is 5.77. The molecular weight excluding hydrogens is 399 g/mol. The molecule has 31 heavy (non-hydrogen) atoms. The lowest BCUT2D eigenvalue weighted by Crippen LogP contribution is -2.39. The molecule has 160 valence electrons. The molecule has 7 nitrogen and oxygen atoms in total. The molecule has 0 bridgehead atoms. The van der Waals surface area contributed by atoms with E-state index in [1.165, 1.54) is 0 Å². The number of hydrogen-bond donors (Lipinski definition) is 1. The SMILES string of the molecule is Cn1cncc1-c1ccc(NC(=O)[C@H]2C[C@H](F)CN2Cc2cccc3c2OCO3)cc1. The van der Waals surface area contributed by atoms with Gasteiger partial charge in [-0.05, 0) is 23.8 Å². The van der Waals surface area contributed by atoms with E-state index >= 15 is 0 Å². The van der Waals surface area contributed by atoms with Crippen LogP contribution in [0.25, 0.3) is 11.3 Å². The molecule has 0 unspecified atom stereocenters. The Bertz CT molecular complexity index is 1100. The third-order valence-corrected chi connectivity index (χ3v) is 5.77. The van der Waals surface area contributed by atoms with Gasteiger partial charge in [0.2, 0.25) is 12.7 Å². The fraction of sp³-hybridized carbons (Fsp3) is 0.304. The lowest BCUT2D eigenvalue weighted by molar-refractivity contribution is -0.120. The van der Waals surface area contributed by atoms with E-state index in [1.54, 1.807) is 12.5 Å². The zero-order chi connectivity index (χ0) is 21.4. The molecular formula is C23H23FN4O3. The summed E-state index contributed by atoms with van der Waals surface area (Å²) in [7, 11) is 1.93. The van der Waals surface area contributed by atoms with Crippen LogP contribution in [0, 0.1) is 0 Å². The molecule has 0 aliphatic carbocycles. The fourth-order valence-corrected chi connectivity index (χ4v) is 4.21. The van der Waals surface area contributed by atoms with Crippen molar-refractivity contribution in [2.24, 2.45) is 7.05 Å². The maximum absolute atomic E-state index is 14.3. The first-order valence-electron chi connectivity index (χ1n) is 10.2. The predicted molar refractivity (Wildman–Crippen MR) is 114 cm³/mol. The smallest absolute Gasteiger partial charge is 0.241 e. The Morgan fingerprint density at radius 1 is 1.23 bits per heavy atom. The second kappa shape index (κ2) is 8.03. The van der Waals surface area contributed by atoms with Gasteiger partial charge < -0.3 is 19.4 Å². The number of nitrogens with zero attached hydrogens (tertiary/aromatic N) is 3. The van der Waals surface area contributed by atoms with Gasteiger partial charge in [0.05, 0.1) is 24.3 Å². The summed E-state index contributed by atoms with van der Waals surface area (Å²) in [6.45, 7) is 0.809. The molecule has 0 saturated carbocycles. The van der Waals surface area contributed by atoms with Gasteiger partial charge in [0.1, 0.15) is 6.17 Å². The van der Waals surface area contributed by atoms with Crippen LogP contribution >= 0.6 is 0 Å². The summed E-state index contributed by atoms with van der Waals surface area (Å²) >= 11 is 0. The highest BCUT2D eigenvalue weighted by molar-refractivity contribution is 5.95. The number of ether oxygens (including phenoxy) is 2. The summed E-state index contributed by atoms with van der Waals surface area (Å²) in [5.41, 5.74) is 3.56. The summed E-state index contributed by atoms with van der Waals surface area (Å²) in [6, 6.07) is 12.7. The Morgan fingerprint density at radius 2 is 2.06 bits per heavy atom. The predicted octanol–water partition coefficient (Wildman–Crippen LogP) is 3.37. The Morgan fingerprint density at radius 3 is 2.84 bits per heavy atom. The summed E-state index contributed by atoms with van der Waals surface area (Å²) in [6.07, 6.45) is 2.66. The van der Waals surface area contributed by atoms with Crippen LogP contribution in [0.2, 0.25) is 0 Å². The fourth-order valence-electron chi connectivity index (χ4n) is 4.21. The number of fused-ring (bicyclic) bond motifs is 1. The highest BCUT2D eigenvalue weighted by Gasteiger charge is 2.37. The van der Waals surface area contributed by atoms with Crippen LogP contribution < -0.4 is 14.8 Å². The molecule has 1 N–H and O–H groups in total. The molecule has 3 aromatic rings. The molecule has 1 saturated heterocycles. The monoisotopic (exact) mass is 422 g/mol. The number of amides is 1. The van der Waals surface area contributed by atoms with Crippen LogP contribution in [0.4, 0.5) is 10.1 Å². The van der Waals surface area contributed by atoms with Gasteiger partial charge in [0, 0.05) is 37.8 Å². The van der Waals surface area contributed by atoms with Crippen molar-refractivity contribution in [2.45, 2.75) is 25.2 Å². The van der Waals surface area contributed by atoms with Crippen molar-refractivity contribution in [2.75, 3.05) is 18.7 Å². The van der Waals surface area contributed by atoms with E-state index in [0.717, 1.165) is 16.8 Å². The van der Waals surface area contributed by atoms with E-state index in [0.29, 0.717) is 23.7 Å². The number of carbonyl (C=O) groups is 1. The van der Waals surface area contributed by atoms with Crippen molar-refractivity contribution in [3.8, 4) is 22.8 Å². The number of anilines is 1. The number of benzene rings is 2. The van der Waals surface area contributed by atoms with Crippen LogP contribution in [0.15, 0.2) is 55.0 Å². The zero-order valence-corrected chi connectivity index (χ0v) is 17.1. The minimum Gasteiger partial charge on any atom is -0.454 e. The normalized spacial score (nSPS) is 20.2. The van der Waals surface area contributed by atoms with Crippen LogP contribution in [0.1, 0.15) is 12.0 Å². The van der Waals surface area contributed by atoms with E-state index in [-0.39, 0.29) is 25.7 Å². The molecule has 5 rings (SSSR count). The van der Waals surface area contributed by atoms with Crippen molar-refractivity contribution in [3.63, 3.8) is 0 Å². The summed E-state index contributed by atoms with van der Waals surface area (Å²) in [5.74, 6) is 1.15. The Hall–Kier alpha value is -3.39. The average molecular weight is 422 g/mol. The number of likely N-dealkylation sites (tertiary alicyclic amines) is 1. The Labute approximate surface area is 179 Å². The number of nitrogens with one attached hydrogen (secondary N) is 1. The number of aryl methyl sites for hydroxylation is 1. The first-order valence-corrected chi connectivity index (χ1v) is 10.2. The van der Waals surface area contributed by atoms with Gasteiger partial charge >= 0.3 is 0 Å². The second-order valence-electron chi connectivity index (χ2n) is 7.89. The van der Waals surface area contributed by atoms with Crippen molar-refractivity contribution in [1.82, 2.24) is 14.5 Å². The molecule has 0 radical (unpaired) electrons. The van der Waals surface area contributed by atoms with E-state index in [4.69, 9.17) is 9.47 Å². The van der Waals surface area contributed by atoms with Gasteiger partial charge in [-0.3, -0.25) is 9.69 Å². The van der Waals surface area contributed by atoms with Gasteiger partial charge in [-0.25, -0.2) is 9.37 Å². The molecule has 1 fully saturated rings. The highest BCUT2D eigenvalue weighted by atomic mass is 19.1. The van der Waals surface area contributed by atoms with E-state index in [1.807, 2.05) is 59.0 Å². The van der Waals surface area contributed by atoms with E-state index in [9.17, 15) is 9.18 Å². The van der Waals surface area contributed by atoms with E-state index in [2.05, 4.69) is 10.3 Å². The van der Waals surface area contributed by atoms with Crippen molar-refractivity contribution in [3.05, 3.63) is 60.6 Å². The first-order chi connectivity index (χ1) is 15.1. The Kier molecular flexibility index (Phi) is 5.07. The lowest BCUT2D eigenvalue weighted by Gasteiger charge is -2.24. The van der Waals surface area contributed by atoms with Crippen LogP contribution in [0.3, 0.4) is 0 Å². The number of hydrogen-bond acceptors (Lipinski definition) is 5. The number of imidazole rings is 1. The molecule has 3 heterocycles. The minimum atomic E-state index is -1.04. The molecule has 2 atom stereocenters. The number of aromatic nitrogens is 2. The van der Waals surface area contributed by atoms with Crippen LogP contribution in [0.5, 0.6) is 11.5 Å². The van der Waals surface area contributed by atoms with Crippen LogP contribution in [-0.4, -0.2) is 45.9 Å². The van der Waals surface area contributed by atoms with Crippen molar-refractivity contribution >= 4 is 11.6 Å². The van der Waals surface area contributed by atoms with Crippen molar-refractivity contribution < 1.29 is 18.7 Å². The topological polar surface area (TPSA) is 68.6 Å². The first kappa shape index (κ1) is 19.6. The quantitative estimate of drug-likeness (QED) is 0.683. The molecule has 2 aliphatic rings. The maximum Gasteiger partial charge on any atom is 0.241 e. The average Bonchev–Trinajstić information content (AvgIpc) is 3.49. The standard InChI is InChI=1S/C23H23FN4O3/c1-27-13-25-10-20(27)15-5-7-18(8-6-15)26-23(29)19-9-17(24)12-28(19)11-16-3-2-4-21-22(16)31-14-30-21/h2-8,10,13,17,19H,9,11-12,14H2,1H3,(H,26,29)/t17-,19+/m0/s1. The molecule has 1 aromatic heterocycles. The number of rotatable bonds is 5. The summed E-state index contributed by atoms with van der Waals surface area (Å²) in [5, 5.41) is 2.93. The van der Waals surface area contributed by atoms with Gasteiger partial charge in [-0.1, -0.05) is 24.3 Å². The minimum absolute atomic E-state index is 0.172. The molecule has 0 spiro atoms. The van der Waals surface area contributed by atoms with Gasteiger partial charge in [0.15, 0.2) is 11.5 Å². The molecule has 2 aromatic carbocycles. The molecule has 1 amide bonds. The van der Waals surface area contributed by atoms with Gasteiger partial charge in [0.25, 0.3) is 0 Å². The van der Waals surface area contributed by atoms with Crippen LogP contribution in [-0.2, 0) is 18.4 Å². The summed E-state index contributed by atoms with van der Waals surface area (Å²) < 4.78 is 27.2. The van der Waals surface area contributed by atoms with Gasteiger partial charge in [-0.2, -0.15) is 0 Å². The lowest BCUT2D eigenvalue weighted by atomic mass is 10.1.